The molecule has 0 saturated carbocycles. The van der Waals surface area contributed by atoms with Crippen LogP contribution in [-0.4, -0.2) is 15.0 Å². The molecule has 1 rings (SSSR count). The average molecular weight is 195 g/mol. The van der Waals surface area contributed by atoms with Crippen LogP contribution < -0.4 is 0 Å². The van der Waals surface area contributed by atoms with Crippen molar-refractivity contribution in [2.75, 3.05) is 0 Å². The number of aromatic nitrogens is 3. The Hall–Kier alpha value is -0.860. The van der Waals surface area contributed by atoms with E-state index in [0.717, 1.165) is 12.1 Å². The maximum Gasteiger partial charge on any atom is 0.0861 e. The molecule has 0 amide bonds. The van der Waals surface area contributed by atoms with Gasteiger partial charge in [0, 0.05) is 6.04 Å². The summed E-state index contributed by atoms with van der Waals surface area (Å²) in [5, 5.41) is 8.40. The Balaban J connectivity index is 2.91. The molecular weight excluding hydrogens is 174 g/mol. The van der Waals surface area contributed by atoms with Crippen molar-refractivity contribution in [3.05, 3.63) is 11.4 Å². The van der Waals surface area contributed by atoms with Gasteiger partial charge < -0.3 is 0 Å². The van der Waals surface area contributed by atoms with Crippen LogP contribution in [0.2, 0.25) is 0 Å². The van der Waals surface area contributed by atoms with E-state index >= 15 is 0 Å². The van der Waals surface area contributed by atoms with E-state index in [1.54, 1.807) is 0 Å². The maximum atomic E-state index is 4.24. The molecule has 1 aromatic rings. The number of rotatable bonds is 2. The highest BCUT2D eigenvalue weighted by Gasteiger charge is 2.17. The SMILES string of the molecule is Cc1c(CC(C)(C)C)nnn1C(C)C. The number of hydrogen-bond donors (Lipinski definition) is 0. The Kier molecular flexibility index (Phi) is 2.98. The third-order valence-corrected chi connectivity index (χ3v) is 2.21. The molecule has 0 bridgehead atoms. The Morgan fingerprint density at radius 1 is 1.29 bits per heavy atom. The van der Waals surface area contributed by atoms with Gasteiger partial charge in [0.25, 0.3) is 0 Å². The molecule has 0 aliphatic heterocycles. The second-order valence-corrected chi connectivity index (χ2v) is 5.40. The summed E-state index contributed by atoms with van der Waals surface area (Å²) < 4.78 is 1.99. The van der Waals surface area contributed by atoms with Crippen molar-refractivity contribution in [1.82, 2.24) is 15.0 Å². The molecule has 0 fully saturated rings. The summed E-state index contributed by atoms with van der Waals surface area (Å²) in [6.07, 6.45) is 0.992. The van der Waals surface area contributed by atoms with Gasteiger partial charge in [-0.25, -0.2) is 4.68 Å². The fourth-order valence-corrected chi connectivity index (χ4v) is 1.53. The molecule has 0 aliphatic carbocycles. The van der Waals surface area contributed by atoms with Crippen molar-refractivity contribution in [2.45, 2.75) is 54.0 Å². The molecule has 3 nitrogen and oxygen atoms in total. The van der Waals surface area contributed by atoms with E-state index in [4.69, 9.17) is 0 Å². The lowest BCUT2D eigenvalue weighted by molar-refractivity contribution is 0.405. The Labute approximate surface area is 86.5 Å². The molecule has 0 radical (unpaired) electrons. The summed E-state index contributed by atoms with van der Waals surface area (Å²) >= 11 is 0. The molecule has 0 aliphatic rings. The first-order valence-corrected chi connectivity index (χ1v) is 5.22. The highest BCUT2D eigenvalue weighted by atomic mass is 15.4. The lowest BCUT2D eigenvalue weighted by Crippen LogP contribution is -2.11. The molecule has 0 aromatic carbocycles. The molecule has 1 heterocycles. The van der Waals surface area contributed by atoms with Crippen LogP contribution in [0.15, 0.2) is 0 Å². The first-order chi connectivity index (χ1) is 6.31. The summed E-state index contributed by atoms with van der Waals surface area (Å²) in [5.41, 5.74) is 2.61. The van der Waals surface area contributed by atoms with Crippen LogP contribution in [0.5, 0.6) is 0 Å². The molecule has 80 valence electrons. The van der Waals surface area contributed by atoms with Gasteiger partial charge in [0.05, 0.1) is 11.4 Å². The van der Waals surface area contributed by atoms with Crippen LogP contribution in [0.3, 0.4) is 0 Å². The molecule has 0 spiro atoms. The number of nitrogens with zero attached hydrogens (tertiary/aromatic N) is 3. The van der Waals surface area contributed by atoms with Crippen molar-refractivity contribution >= 4 is 0 Å². The predicted octanol–water partition coefficient (Wildman–Crippen LogP) is 2.76. The summed E-state index contributed by atoms with van der Waals surface area (Å²) in [5.74, 6) is 0. The van der Waals surface area contributed by atoms with Crippen LogP contribution in [0.4, 0.5) is 0 Å². The first kappa shape index (κ1) is 11.2. The summed E-state index contributed by atoms with van der Waals surface area (Å²) in [6, 6.07) is 0.399. The zero-order valence-corrected chi connectivity index (χ0v) is 10.1. The van der Waals surface area contributed by atoms with Crippen LogP contribution in [0, 0.1) is 12.3 Å². The Morgan fingerprint density at radius 2 is 1.86 bits per heavy atom. The zero-order chi connectivity index (χ0) is 10.9. The lowest BCUT2D eigenvalue weighted by atomic mass is 9.90. The first-order valence-electron chi connectivity index (χ1n) is 5.22. The normalized spacial score (nSPS) is 12.5. The van der Waals surface area contributed by atoms with E-state index < -0.39 is 0 Å². The third-order valence-electron chi connectivity index (χ3n) is 2.21. The monoisotopic (exact) mass is 195 g/mol. The Bertz CT molecular complexity index is 305. The van der Waals surface area contributed by atoms with E-state index in [0.29, 0.717) is 6.04 Å². The van der Waals surface area contributed by atoms with Gasteiger partial charge in [-0.15, -0.1) is 5.10 Å². The van der Waals surface area contributed by atoms with Crippen molar-refractivity contribution in [2.24, 2.45) is 5.41 Å². The Morgan fingerprint density at radius 3 is 2.21 bits per heavy atom. The largest absolute Gasteiger partial charge is 0.247 e. The van der Waals surface area contributed by atoms with Crippen molar-refractivity contribution in [1.29, 1.82) is 0 Å². The second kappa shape index (κ2) is 3.71. The van der Waals surface area contributed by atoms with Gasteiger partial charge in [-0.05, 0) is 32.6 Å². The molecule has 0 N–H and O–H groups in total. The quantitative estimate of drug-likeness (QED) is 0.726. The van der Waals surface area contributed by atoms with E-state index in [-0.39, 0.29) is 5.41 Å². The standard InChI is InChI=1S/C11H21N3/c1-8(2)14-9(3)10(12-13-14)7-11(4,5)6/h8H,7H2,1-6H3. The summed E-state index contributed by atoms with van der Waals surface area (Å²) in [6.45, 7) is 13.0. The van der Waals surface area contributed by atoms with Crippen LogP contribution in [-0.2, 0) is 6.42 Å². The summed E-state index contributed by atoms with van der Waals surface area (Å²) in [7, 11) is 0. The molecule has 1 aromatic heterocycles. The predicted molar refractivity (Wildman–Crippen MR) is 58.3 cm³/mol. The minimum atomic E-state index is 0.280. The van der Waals surface area contributed by atoms with Crippen molar-refractivity contribution in [3.63, 3.8) is 0 Å². The molecule has 3 heteroatoms. The lowest BCUT2D eigenvalue weighted by Gasteiger charge is -2.16. The van der Waals surface area contributed by atoms with Crippen LogP contribution in [0.25, 0.3) is 0 Å². The third kappa shape index (κ3) is 2.56. The van der Waals surface area contributed by atoms with Crippen molar-refractivity contribution in [3.8, 4) is 0 Å². The van der Waals surface area contributed by atoms with Gasteiger partial charge in [-0.3, -0.25) is 0 Å². The van der Waals surface area contributed by atoms with E-state index in [1.165, 1.54) is 5.69 Å². The van der Waals surface area contributed by atoms with E-state index in [2.05, 4.69) is 51.9 Å². The van der Waals surface area contributed by atoms with Gasteiger partial charge in [-0.2, -0.15) is 0 Å². The summed E-state index contributed by atoms with van der Waals surface area (Å²) in [4.78, 5) is 0. The topological polar surface area (TPSA) is 30.7 Å². The highest BCUT2D eigenvalue weighted by Crippen LogP contribution is 2.21. The van der Waals surface area contributed by atoms with Gasteiger partial charge in [0.15, 0.2) is 0 Å². The van der Waals surface area contributed by atoms with E-state index in [9.17, 15) is 0 Å². The molecule has 0 saturated heterocycles. The maximum absolute atomic E-state index is 4.24. The van der Waals surface area contributed by atoms with Gasteiger partial charge in [0.1, 0.15) is 0 Å². The van der Waals surface area contributed by atoms with E-state index in [1.807, 2.05) is 4.68 Å². The fourth-order valence-electron chi connectivity index (χ4n) is 1.53. The van der Waals surface area contributed by atoms with Gasteiger partial charge in [-0.1, -0.05) is 26.0 Å². The molecule has 14 heavy (non-hydrogen) atoms. The van der Waals surface area contributed by atoms with Gasteiger partial charge >= 0.3 is 0 Å². The second-order valence-electron chi connectivity index (χ2n) is 5.40. The van der Waals surface area contributed by atoms with Crippen LogP contribution >= 0.6 is 0 Å². The molecule has 0 unspecified atom stereocenters. The minimum absolute atomic E-state index is 0.280. The fraction of sp³-hybridized carbons (Fsp3) is 0.818. The highest BCUT2D eigenvalue weighted by molar-refractivity contribution is 5.10. The minimum Gasteiger partial charge on any atom is -0.247 e. The van der Waals surface area contributed by atoms with Gasteiger partial charge in [0.2, 0.25) is 0 Å². The molecule has 0 atom stereocenters. The molecular formula is C11H21N3. The number of hydrogen-bond acceptors (Lipinski definition) is 2. The smallest absolute Gasteiger partial charge is 0.0861 e. The average Bonchev–Trinajstić information content (AvgIpc) is 2.29. The van der Waals surface area contributed by atoms with Crippen LogP contribution in [0.1, 0.15) is 52.0 Å². The van der Waals surface area contributed by atoms with Crippen molar-refractivity contribution < 1.29 is 0 Å². The zero-order valence-electron chi connectivity index (χ0n) is 10.1.